The third kappa shape index (κ3) is 4.05. The van der Waals surface area contributed by atoms with Crippen molar-refractivity contribution in [1.82, 2.24) is 15.3 Å². The number of halogens is 1. The third-order valence-corrected chi connectivity index (χ3v) is 5.64. The maximum absolute atomic E-state index is 12.5. The number of nitrogens with one attached hydrogen (secondary N) is 1. The fourth-order valence-corrected chi connectivity index (χ4v) is 4.06. The Bertz CT molecular complexity index is 1010. The molecule has 1 atom stereocenters. The van der Waals surface area contributed by atoms with Crippen LogP contribution in [0.4, 0.5) is 5.69 Å². The first kappa shape index (κ1) is 18.6. The highest BCUT2D eigenvalue weighted by molar-refractivity contribution is 7.09. The summed E-state index contributed by atoms with van der Waals surface area (Å²) in [5.41, 5.74) is 2.57. The normalized spacial score (nSPS) is 16.4. The Morgan fingerprint density at radius 1 is 1.29 bits per heavy atom. The molecule has 1 saturated heterocycles. The highest BCUT2D eigenvalue weighted by atomic mass is 35.5. The van der Waals surface area contributed by atoms with Crippen LogP contribution in [-0.4, -0.2) is 28.3 Å². The zero-order chi connectivity index (χ0) is 19.5. The molecule has 142 valence electrons. The van der Waals surface area contributed by atoms with Gasteiger partial charge in [0.05, 0.1) is 18.2 Å². The number of thiazole rings is 1. The van der Waals surface area contributed by atoms with Crippen LogP contribution < -0.4 is 10.2 Å². The second-order valence-electron chi connectivity index (χ2n) is 6.47. The minimum atomic E-state index is -0.383. The van der Waals surface area contributed by atoms with E-state index in [-0.39, 0.29) is 24.2 Å². The van der Waals surface area contributed by atoms with Gasteiger partial charge < -0.3 is 10.2 Å². The van der Waals surface area contributed by atoms with Crippen molar-refractivity contribution in [1.29, 1.82) is 0 Å². The molecule has 3 heterocycles. The third-order valence-electron chi connectivity index (χ3n) is 4.56. The number of pyridine rings is 1. The summed E-state index contributed by atoms with van der Waals surface area (Å²) in [6.45, 7) is 0.696. The Kier molecular flexibility index (Phi) is 5.36. The van der Waals surface area contributed by atoms with E-state index in [4.69, 9.17) is 11.6 Å². The molecule has 8 heteroatoms. The van der Waals surface area contributed by atoms with Gasteiger partial charge in [0, 0.05) is 47.0 Å². The fraction of sp³-hybridized carbons (Fsp3) is 0.200. The molecule has 0 saturated carbocycles. The van der Waals surface area contributed by atoms with Gasteiger partial charge in [-0.15, -0.1) is 11.3 Å². The maximum atomic E-state index is 12.5. The SMILES string of the molecule is O=C(NCc1nc(-c2ccncc2)cs1)C1CC(=O)N(c2cccc(Cl)c2)C1. The molecule has 1 aliphatic heterocycles. The van der Waals surface area contributed by atoms with E-state index in [2.05, 4.69) is 15.3 Å². The van der Waals surface area contributed by atoms with E-state index < -0.39 is 0 Å². The number of hydrogen-bond donors (Lipinski definition) is 1. The molecule has 0 spiro atoms. The smallest absolute Gasteiger partial charge is 0.227 e. The van der Waals surface area contributed by atoms with E-state index in [1.165, 1.54) is 11.3 Å². The number of benzene rings is 1. The molecular formula is C20H17ClN4O2S. The van der Waals surface area contributed by atoms with Gasteiger partial charge in [0.1, 0.15) is 5.01 Å². The summed E-state index contributed by atoms with van der Waals surface area (Å²) in [5, 5.41) is 6.23. The molecule has 0 radical (unpaired) electrons. The quantitative estimate of drug-likeness (QED) is 0.695. The van der Waals surface area contributed by atoms with Crippen LogP contribution >= 0.6 is 22.9 Å². The van der Waals surface area contributed by atoms with Crippen molar-refractivity contribution >= 4 is 40.4 Å². The van der Waals surface area contributed by atoms with Crippen LogP contribution in [0, 0.1) is 5.92 Å². The molecule has 1 unspecified atom stereocenters. The van der Waals surface area contributed by atoms with Crippen LogP contribution in [0.2, 0.25) is 5.02 Å². The summed E-state index contributed by atoms with van der Waals surface area (Å²) in [6, 6.07) is 10.9. The van der Waals surface area contributed by atoms with Gasteiger partial charge in [0.15, 0.2) is 0 Å². The lowest BCUT2D eigenvalue weighted by molar-refractivity contribution is -0.126. The maximum Gasteiger partial charge on any atom is 0.227 e. The summed E-state index contributed by atoms with van der Waals surface area (Å²) in [7, 11) is 0. The van der Waals surface area contributed by atoms with Crippen molar-refractivity contribution in [3.63, 3.8) is 0 Å². The van der Waals surface area contributed by atoms with Crippen LogP contribution in [0.3, 0.4) is 0 Å². The van der Waals surface area contributed by atoms with Gasteiger partial charge in [-0.05, 0) is 30.3 Å². The zero-order valence-corrected chi connectivity index (χ0v) is 16.4. The number of amides is 2. The number of carbonyl (C=O) groups excluding carboxylic acids is 2. The van der Waals surface area contributed by atoms with Gasteiger partial charge in [-0.25, -0.2) is 4.98 Å². The lowest BCUT2D eigenvalue weighted by atomic mass is 10.1. The predicted molar refractivity (Wildman–Crippen MR) is 109 cm³/mol. The van der Waals surface area contributed by atoms with Gasteiger partial charge in [0.25, 0.3) is 0 Å². The van der Waals surface area contributed by atoms with Crippen LogP contribution in [-0.2, 0) is 16.1 Å². The molecule has 1 fully saturated rings. The van der Waals surface area contributed by atoms with Crippen LogP contribution in [0.5, 0.6) is 0 Å². The Morgan fingerprint density at radius 3 is 2.89 bits per heavy atom. The summed E-state index contributed by atoms with van der Waals surface area (Å²) in [5.74, 6) is -0.596. The standard InChI is InChI=1S/C20H17ClN4O2S/c21-15-2-1-3-16(9-15)25-11-14(8-19(25)26)20(27)23-10-18-24-17(12-28-18)13-4-6-22-7-5-13/h1-7,9,12,14H,8,10-11H2,(H,23,27). The first-order valence-electron chi connectivity index (χ1n) is 8.78. The predicted octanol–water partition coefficient (Wildman–Crippen LogP) is 3.53. The van der Waals surface area contributed by atoms with E-state index in [9.17, 15) is 9.59 Å². The van der Waals surface area contributed by atoms with Crippen LogP contribution in [0.15, 0.2) is 54.2 Å². The Labute approximate surface area is 171 Å². The molecular weight excluding hydrogens is 396 g/mol. The average molecular weight is 413 g/mol. The molecule has 2 amide bonds. The van der Waals surface area contributed by atoms with Crippen LogP contribution in [0.25, 0.3) is 11.3 Å². The van der Waals surface area contributed by atoms with Crippen molar-refractivity contribution < 1.29 is 9.59 Å². The molecule has 1 N–H and O–H groups in total. The van der Waals surface area contributed by atoms with E-state index in [0.29, 0.717) is 18.1 Å². The number of aromatic nitrogens is 2. The number of rotatable bonds is 5. The molecule has 28 heavy (non-hydrogen) atoms. The minimum absolute atomic E-state index is 0.0726. The van der Waals surface area contributed by atoms with Gasteiger partial charge in [-0.1, -0.05) is 17.7 Å². The molecule has 0 bridgehead atoms. The van der Waals surface area contributed by atoms with E-state index in [0.717, 1.165) is 22.0 Å². The first-order valence-corrected chi connectivity index (χ1v) is 10.0. The van der Waals surface area contributed by atoms with Crippen molar-refractivity contribution in [2.45, 2.75) is 13.0 Å². The molecule has 1 aliphatic rings. The second kappa shape index (κ2) is 8.08. The molecule has 1 aromatic carbocycles. The number of anilines is 1. The Balaban J connectivity index is 1.36. The highest BCUT2D eigenvalue weighted by Gasteiger charge is 2.35. The number of nitrogens with zero attached hydrogens (tertiary/aromatic N) is 3. The molecule has 4 rings (SSSR count). The summed E-state index contributed by atoms with van der Waals surface area (Å²) in [6.07, 6.45) is 3.64. The second-order valence-corrected chi connectivity index (χ2v) is 7.84. The number of carbonyl (C=O) groups is 2. The van der Waals surface area contributed by atoms with E-state index in [1.807, 2.05) is 23.6 Å². The summed E-state index contributed by atoms with van der Waals surface area (Å²) >= 11 is 7.50. The fourth-order valence-electron chi connectivity index (χ4n) is 3.13. The summed E-state index contributed by atoms with van der Waals surface area (Å²) in [4.78, 5) is 35.0. The monoisotopic (exact) mass is 412 g/mol. The van der Waals surface area contributed by atoms with Crippen molar-refractivity contribution in [2.24, 2.45) is 5.92 Å². The molecule has 2 aromatic heterocycles. The largest absolute Gasteiger partial charge is 0.349 e. The van der Waals surface area contributed by atoms with Gasteiger partial charge in [-0.2, -0.15) is 0 Å². The summed E-state index contributed by atoms with van der Waals surface area (Å²) < 4.78 is 0. The van der Waals surface area contributed by atoms with E-state index >= 15 is 0 Å². The van der Waals surface area contributed by atoms with E-state index in [1.54, 1.807) is 35.5 Å². The molecule has 3 aromatic rings. The number of hydrogen-bond acceptors (Lipinski definition) is 5. The Hall–Kier alpha value is -2.77. The molecule has 6 nitrogen and oxygen atoms in total. The molecule has 0 aliphatic carbocycles. The first-order chi connectivity index (χ1) is 13.6. The van der Waals surface area contributed by atoms with Crippen molar-refractivity contribution in [3.8, 4) is 11.3 Å². The van der Waals surface area contributed by atoms with Crippen LogP contribution in [0.1, 0.15) is 11.4 Å². The lowest BCUT2D eigenvalue weighted by Crippen LogP contribution is -2.32. The zero-order valence-electron chi connectivity index (χ0n) is 14.8. The van der Waals surface area contributed by atoms with Crippen molar-refractivity contribution in [3.05, 3.63) is 64.2 Å². The highest BCUT2D eigenvalue weighted by Crippen LogP contribution is 2.27. The van der Waals surface area contributed by atoms with Gasteiger partial charge >= 0.3 is 0 Å². The lowest BCUT2D eigenvalue weighted by Gasteiger charge is -2.16. The van der Waals surface area contributed by atoms with Gasteiger partial charge in [0.2, 0.25) is 11.8 Å². The Morgan fingerprint density at radius 2 is 2.11 bits per heavy atom. The topological polar surface area (TPSA) is 75.2 Å². The minimum Gasteiger partial charge on any atom is -0.349 e. The average Bonchev–Trinajstić information content (AvgIpc) is 3.34. The van der Waals surface area contributed by atoms with Crippen molar-refractivity contribution in [2.75, 3.05) is 11.4 Å². The van der Waals surface area contributed by atoms with Gasteiger partial charge in [-0.3, -0.25) is 14.6 Å².